The monoisotopic (exact) mass is 313 g/mol. The van der Waals surface area contributed by atoms with E-state index in [0.29, 0.717) is 24.4 Å². The molecular weight excluding hydrogens is 290 g/mol. The summed E-state index contributed by atoms with van der Waals surface area (Å²) in [6, 6.07) is 7.69. The molecule has 0 saturated heterocycles. The molecule has 1 saturated carbocycles. The Hall–Kier alpha value is -2.17. The van der Waals surface area contributed by atoms with E-state index in [1.165, 1.54) is 19.0 Å². The summed E-state index contributed by atoms with van der Waals surface area (Å²) >= 11 is 0. The lowest BCUT2D eigenvalue weighted by Crippen LogP contribution is -2.37. The fourth-order valence-corrected chi connectivity index (χ4v) is 3.25. The van der Waals surface area contributed by atoms with E-state index in [1.54, 1.807) is 10.7 Å². The number of rotatable bonds is 4. The van der Waals surface area contributed by atoms with Gasteiger partial charge in [-0.25, -0.2) is 0 Å². The quantitative estimate of drug-likeness (QED) is 0.943. The second-order valence-corrected chi connectivity index (χ2v) is 6.52. The van der Waals surface area contributed by atoms with Gasteiger partial charge in [0, 0.05) is 17.8 Å². The smallest absolute Gasteiger partial charge is 0.222 e. The van der Waals surface area contributed by atoms with Crippen LogP contribution in [-0.4, -0.2) is 21.7 Å². The van der Waals surface area contributed by atoms with Crippen LogP contribution in [0.2, 0.25) is 0 Å². The Morgan fingerprint density at radius 2 is 2.00 bits per heavy atom. The fraction of sp³-hybridized carbons (Fsp3) is 0.500. The van der Waals surface area contributed by atoms with Crippen molar-refractivity contribution in [1.29, 1.82) is 0 Å². The van der Waals surface area contributed by atoms with Crippen molar-refractivity contribution in [2.75, 3.05) is 0 Å². The SMILES string of the molecule is CC1CCC(NC(=O)CCn2ncc(=O)c3ccccc32)CC1. The van der Waals surface area contributed by atoms with E-state index < -0.39 is 0 Å². The van der Waals surface area contributed by atoms with Crippen LogP contribution in [0, 0.1) is 5.92 Å². The van der Waals surface area contributed by atoms with E-state index >= 15 is 0 Å². The number of nitrogens with zero attached hydrogens (tertiary/aromatic N) is 2. The van der Waals surface area contributed by atoms with Gasteiger partial charge in [0.05, 0.1) is 18.3 Å². The van der Waals surface area contributed by atoms with E-state index in [4.69, 9.17) is 0 Å². The molecule has 0 atom stereocenters. The van der Waals surface area contributed by atoms with Crippen LogP contribution in [0.3, 0.4) is 0 Å². The maximum Gasteiger partial charge on any atom is 0.222 e. The highest BCUT2D eigenvalue weighted by Gasteiger charge is 2.19. The number of fused-ring (bicyclic) bond motifs is 1. The Labute approximate surface area is 135 Å². The van der Waals surface area contributed by atoms with Gasteiger partial charge in [-0.15, -0.1) is 0 Å². The topological polar surface area (TPSA) is 64.0 Å². The molecule has 122 valence electrons. The third kappa shape index (κ3) is 3.78. The van der Waals surface area contributed by atoms with Crippen LogP contribution < -0.4 is 10.7 Å². The van der Waals surface area contributed by atoms with Crippen molar-refractivity contribution in [2.45, 2.75) is 51.6 Å². The summed E-state index contributed by atoms with van der Waals surface area (Å²) in [6.45, 7) is 2.75. The minimum Gasteiger partial charge on any atom is -0.353 e. The van der Waals surface area contributed by atoms with E-state index in [-0.39, 0.29) is 11.3 Å². The van der Waals surface area contributed by atoms with Crippen molar-refractivity contribution >= 4 is 16.8 Å². The molecule has 0 spiro atoms. The minimum atomic E-state index is -0.0855. The lowest BCUT2D eigenvalue weighted by atomic mass is 9.87. The number of carbonyl (C=O) groups is 1. The van der Waals surface area contributed by atoms with Crippen molar-refractivity contribution < 1.29 is 4.79 Å². The number of benzene rings is 1. The number of nitrogens with one attached hydrogen (secondary N) is 1. The normalized spacial score (nSPS) is 21.3. The first kappa shape index (κ1) is 15.7. The summed E-state index contributed by atoms with van der Waals surface area (Å²) in [4.78, 5) is 24.0. The summed E-state index contributed by atoms with van der Waals surface area (Å²) in [5.41, 5.74) is 0.692. The molecule has 0 aliphatic heterocycles. The van der Waals surface area contributed by atoms with Crippen molar-refractivity contribution in [3.63, 3.8) is 0 Å². The molecule has 0 radical (unpaired) electrons. The molecule has 0 bridgehead atoms. The van der Waals surface area contributed by atoms with Gasteiger partial charge in [-0.2, -0.15) is 5.10 Å². The second-order valence-electron chi connectivity index (χ2n) is 6.52. The van der Waals surface area contributed by atoms with Gasteiger partial charge in [-0.1, -0.05) is 19.1 Å². The largest absolute Gasteiger partial charge is 0.353 e. The second kappa shape index (κ2) is 6.94. The molecule has 1 amide bonds. The molecule has 1 aliphatic rings. The molecule has 2 aromatic rings. The van der Waals surface area contributed by atoms with Gasteiger partial charge in [0.25, 0.3) is 0 Å². The van der Waals surface area contributed by atoms with Crippen molar-refractivity contribution in [3.8, 4) is 0 Å². The van der Waals surface area contributed by atoms with Crippen molar-refractivity contribution in [3.05, 3.63) is 40.7 Å². The fourth-order valence-electron chi connectivity index (χ4n) is 3.25. The predicted octanol–water partition coefficient (Wildman–Crippen LogP) is 2.48. The molecular formula is C18H23N3O2. The van der Waals surface area contributed by atoms with Gasteiger partial charge in [0.1, 0.15) is 0 Å². The van der Waals surface area contributed by atoms with Gasteiger partial charge < -0.3 is 5.32 Å². The number of aryl methyl sites for hydroxylation is 1. The van der Waals surface area contributed by atoms with Gasteiger partial charge in [-0.05, 0) is 43.7 Å². The number of para-hydroxylation sites is 1. The zero-order chi connectivity index (χ0) is 16.2. The third-order valence-electron chi connectivity index (χ3n) is 4.69. The van der Waals surface area contributed by atoms with Gasteiger partial charge in [0.15, 0.2) is 0 Å². The molecule has 23 heavy (non-hydrogen) atoms. The summed E-state index contributed by atoms with van der Waals surface area (Å²) in [5, 5.41) is 7.93. The minimum absolute atomic E-state index is 0.0640. The zero-order valence-corrected chi connectivity index (χ0v) is 13.5. The van der Waals surface area contributed by atoms with Crippen molar-refractivity contribution in [1.82, 2.24) is 15.1 Å². The average molecular weight is 313 g/mol. The van der Waals surface area contributed by atoms with E-state index in [0.717, 1.165) is 24.3 Å². The standard InChI is InChI=1S/C18H23N3O2/c1-13-6-8-14(9-7-13)20-18(23)10-11-21-16-5-3-2-4-15(16)17(22)12-19-21/h2-5,12-14H,6-11H2,1H3,(H,20,23). The first-order chi connectivity index (χ1) is 11.1. The van der Waals surface area contributed by atoms with Crippen LogP contribution in [0.25, 0.3) is 10.9 Å². The first-order valence-corrected chi connectivity index (χ1v) is 8.37. The van der Waals surface area contributed by atoms with Crippen LogP contribution in [0.15, 0.2) is 35.3 Å². The zero-order valence-electron chi connectivity index (χ0n) is 13.5. The molecule has 1 aliphatic carbocycles. The lowest BCUT2D eigenvalue weighted by molar-refractivity contribution is -0.122. The summed E-state index contributed by atoms with van der Waals surface area (Å²) in [6.07, 6.45) is 6.24. The van der Waals surface area contributed by atoms with Crippen LogP contribution in [0.1, 0.15) is 39.0 Å². The molecule has 1 aromatic carbocycles. The molecule has 0 unspecified atom stereocenters. The molecule has 1 N–H and O–H groups in total. The Morgan fingerprint density at radius 1 is 1.26 bits per heavy atom. The summed E-state index contributed by atoms with van der Waals surface area (Å²) in [5.74, 6) is 0.842. The van der Waals surface area contributed by atoms with Crippen molar-refractivity contribution in [2.24, 2.45) is 5.92 Å². The molecule has 1 aromatic heterocycles. The maximum absolute atomic E-state index is 12.2. The average Bonchev–Trinajstić information content (AvgIpc) is 2.57. The summed E-state index contributed by atoms with van der Waals surface area (Å²) < 4.78 is 1.74. The van der Waals surface area contributed by atoms with E-state index in [1.807, 2.05) is 18.2 Å². The Morgan fingerprint density at radius 3 is 2.78 bits per heavy atom. The molecule has 5 heteroatoms. The Kier molecular flexibility index (Phi) is 4.74. The van der Waals surface area contributed by atoms with Crippen LogP contribution in [0.5, 0.6) is 0 Å². The van der Waals surface area contributed by atoms with Gasteiger partial charge >= 0.3 is 0 Å². The predicted molar refractivity (Wildman–Crippen MR) is 90.2 cm³/mol. The Bertz CT molecular complexity index is 745. The number of hydrogen-bond acceptors (Lipinski definition) is 3. The Balaban J connectivity index is 1.61. The van der Waals surface area contributed by atoms with Crippen LogP contribution in [-0.2, 0) is 11.3 Å². The van der Waals surface area contributed by atoms with E-state index in [2.05, 4.69) is 17.3 Å². The summed E-state index contributed by atoms with van der Waals surface area (Å²) in [7, 11) is 0. The molecule has 5 nitrogen and oxygen atoms in total. The number of hydrogen-bond donors (Lipinski definition) is 1. The van der Waals surface area contributed by atoms with Crippen LogP contribution in [0.4, 0.5) is 0 Å². The highest BCUT2D eigenvalue weighted by atomic mass is 16.1. The highest BCUT2D eigenvalue weighted by molar-refractivity contribution is 5.79. The van der Waals surface area contributed by atoms with Gasteiger partial charge in [0.2, 0.25) is 11.3 Å². The number of aromatic nitrogens is 2. The molecule has 1 fully saturated rings. The number of carbonyl (C=O) groups excluding carboxylic acids is 1. The maximum atomic E-state index is 12.2. The lowest BCUT2D eigenvalue weighted by Gasteiger charge is -2.26. The first-order valence-electron chi connectivity index (χ1n) is 8.37. The van der Waals surface area contributed by atoms with Gasteiger partial charge in [-0.3, -0.25) is 14.3 Å². The third-order valence-corrected chi connectivity index (χ3v) is 4.69. The van der Waals surface area contributed by atoms with E-state index in [9.17, 15) is 9.59 Å². The molecule has 3 rings (SSSR count). The highest BCUT2D eigenvalue weighted by Crippen LogP contribution is 2.23. The van der Waals surface area contributed by atoms with Crippen LogP contribution >= 0.6 is 0 Å². The number of amides is 1. The molecule has 1 heterocycles.